The molecule has 0 bridgehead atoms. The van der Waals surface area contributed by atoms with Crippen LogP contribution in [0.2, 0.25) is 0 Å². The van der Waals surface area contributed by atoms with Crippen LogP contribution in [-0.2, 0) is 28.0 Å². The van der Waals surface area contributed by atoms with Crippen molar-refractivity contribution in [2.24, 2.45) is 0 Å². The number of rotatable bonds is 4. The lowest BCUT2D eigenvalue weighted by Gasteiger charge is -2.31. The van der Waals surface area contributed by atoms with Crippen molar-refractivity contribution in [1.29, 1.82) is 0 Å². The highest BCUT2D eigenvalue weighted by Crippen LogP contribution is 2.29. The van der Waals surface area contributed by atoms with Crippen LogP contribution in [0.25, 0.3) is 0 Å². The number of fused-ring (bicyclic) bond motifs is 1. The molecule has 1 aromatic carbocycles. The zero-order valence-electron chi connectivity index (χ0n) is 14.1. The van der Waals surface area contributed by atoms with Crippen LogP contribution in [0.1, 0.15) is 31.2 Å². The van der Waals surface area contributed by atoms with Gasteiger partial charge >= 0.3 is 11.7 Å². The average Bonchev–Trinajstić information content (AvgIpc) is 2.92. The summed E-state index contributed by atoms with van der Waals surface area (Å²) in [5.74, 6) is 0.982. The number of benzene rings is 1. The highest BCUT2D eigenvalue weighted by atomic mass is 16.5. The number of hydrogen-bond donors (Lipinski definition) is 0. The summed E-state index contributed by atoms with van der Waals surface area (Å²) in [4.78, 5) is 25.0. The van der Waals surface area contributed by atoms with Gasteiger partial charge in [0.15, 0.2) is 0 Å². The van der Waals surface area contributed by atoms with E-state index in [-0.39, 0.29) is 5.69 Å². The summed E-state index contributed by atoms with van der Waals surface area (Å²) in [5, 5.41) is 4.43. The predicted octanol–water partition coefficient (Wildman–Crippen LogP) is 1.33. The Bertz CT molecular complexity index is 806. The van der Waals surface area contributed by atoms with E-state index in [0.29, 0.717) is 25.2 Å². The summed E-state index contributed by atoms with van der Waals surface area (Å²) >= 11 is 0. The number of carbonyl (C=O) groups excluding carboxylic acids is 1. The molecule has 2 heterocycles. The molecule has 0 aliphatic carbocycles. The van der Waals surface area contributed by atoms with Crippen molar-refractivity contribution in [2.45, 2.75) is 38.3 Å². The summed E-state index contributed by atoms with van der Waals surface area (Å²) in [6.45, 7) is 2.09. The van der Waals surface area contributed by atoms with Crippen LogP contribution < -0.4 is 10.4 Å². The van der Waals surface area contributed by atoms with Crippen molar-refractivity contribution in [3.05, 3.63) is 46.1 Å². The third-order valence-corrected chi connectivity index (χ3v) is 4.58. The molecule has 3 rings (SSSR count). The van der Waals surface area contributed by atoms with Gasteiger partial charge in [0.25, 0.3) is 0 Å². The molecule has 0 saturated heterocycles. The summed E-state index contributed by atoms with van der Waals surface area (Å²) < 4.78 is 12.9. The van der Waals surface area contributed by atoms with E-state index in [9.17, 15) is 9.59 Å². The van der Waals surface area contributed by atoms with Crippen molar-refractivity contribution in [2.75, 3.05) is 14.2 Å². The van der Waals surface area contributed by atoms with Crippen molar-refractivity contribution < 1.29 is 14.3 Å². The highest BCUT2D eigenvalue weighted by Gasteiger charge is 2.42. The second-order valence-corrected chi connectivity index (χ2v) is 6.16. The molecule has 0 amide bonds. The Labute approximate surface area is 139 Å². The molecule has 0 saturated carbocycles. The van der Waals surface area contributed by atoms with Gasteiger partial charge in [-0.25, -0.2) is 14.3 Å². The zero-order chi connectivity index (χ0) is 17.3. The number of ether oxygens (including phenoxy) is 2. The molecule has 1 unspecified atom stereocenters. The van der Waals surface area contributed by atoms with Gasteiger partial charge in [0.05, 0.1) is 20.8 Å². The minimum absolute atomic E-state index is 0.284. The number of nitrogens with zero attached hydrogens (tertiary/aromatic N) is 3. The number of carbonyl (C=O) groups is 1. The van der Waals surface area contributed by atoms with Crippen LogP contribution in [0, 0.1) is 0 Å². The summed E-state index contributed by atoms with van der Waals surface area (Å²) in [6, 6.07) is 7.47. The molecule has 0 fully saturated rings. The van der Waals surface area contributed by atoms with Crippen LogP contribution >= 0.6 is 0 Å². The SMILES string of the molecule is COC(=O)C1(C)CCCc2nn(Cc3ccc(OC)cc3)c(=O)n21. The Morgan fingerprint density at radius 1 is 1.29 bits per heavy atom. The van der Waals surface area contributed by atoms with Crippen molar-refractivity contribution in [3.8, 4) is 5.75 Å². The number of hydrogen-bond acceptors (Lipinski definition) is 5. The predicted molar refractivity (Wildman–Crippen MR) is 87.2 cm³/mol. The fourth-order valence-corrected chi connectivity index (χ4v) is 3.23. The molecular weight excluding hydrogens is 310 g/mol. The average molecular weight is 331 g/mol. The van der Waals surface area contributed by atoms with E-state index in [1.807, 2.05) is 24.3 Å². The normalized spacial score (nSPS) is 19.6. The number of esters is 1. The molecule has 128 valence electrons. The van der Waals surface area contributed by atoms with Gasteiger partial charge in [0.2, 0.25) is 0 Å². The summed E-state index contributed by atoms with van der Waals surface area (Å²) in [5.41, 5.74) is -0.334. The van der Waals surface area contributed by atoms with Crippen LogP contribution in [-0.4, -0.2) is 34.5 Å². The lowest BCUT2D eigenvalue weighted by atomic mass is 9.91. The molecule has 1 aliphatic heterocycles. The monoisotopic (exact) mass is 331 g/mol. The maximum atomic E-state index is 12.8. The van der Waals surface area contributed by atoms with E-state index >= 15 is 0 Å². The topological polar surface area (TPSA) is 75.3 Å². The molecule has 0 spiro atoms. The second-order valence-electron chi connectivity index (χ2n) is 6.16. The first-order chi connectivity index (χ1) is 11.5. The van der Waals surface area contributed by atoms with E-state index in [1.54, 1.807) is 14.0 Å². The molecule has 1 aromatic heterocycles. The first kappa shape index (κ1) is 16.3. The Balaban J connectivity index is 1.97. The minimum atomic E-state index is -0.989. The van der Waals surface area contributed by atoms with E-state index in [2.05, 4.69) is 5.10 Å². The van der Waals surface area contributed by atoms with Gasteiger partial charge in [-0.3, -0.25) is 4.57 Å². The number of aromatic nitrogens is 3. The van der Waals surface area contributed by atoms with E-state index in [0.717, 1.165) is 17.7 Å². The molecular formula is C17H21N3O4. The van der Waals surface area contributed by atoms with Gasteiger partial charge in [0, 0.05) is 6.42 Å². The third-order valence-electron chi connectivity index (χ3n) is 4.58. The Kier molecular flexibility index (Phi) is 4.17. The first-order valence-electron chi connectivity index (χ1n) is 7.90. The third kappa shape index (κ3) is 2.60. The summed E-state index contributed by atoms with van der Waals surface area (Å²) in [6.07, 6.45) is 2.04. The van der Waals surface area contributed by atoms with Crippen molar-refractivity contribution in [1.82, 2.24) is 14.3 Å². The van der Waals surface area contributed by atoms with E-state index in [4.69, 9.17) is 9.47 Å². The van der Waals surface area contributed by atoms with Crippen LogP contribution in [0.5, 0.6) is 5.75 Å². The lowest BCUT2D eigenvalue weighted by Crippen LogP contribution is -2.48. The number of methoxy groups -OCH3 is 2. The largest absolute Gasteiger partial charge is 0.497 e. The molecule has 2 aromatic rings. The number of aryl methyl sites for hydroxylation is 1. The van der Waals surface area contributed by atoms with Gasteiger partial charge in [-0.2, -0.15) is 5.10 Å². The second kappa shape index (κ2) is 6.14. The van der Waals surface area contributed by atoms with Crippen LogP contribution in [0.15, 0.2) is 29.1 Å². The van der Waals surface area contributed by atoms with Gasteiger partial charge in [-0.1, -0.05) is 12.1 Å². The molecule has 7 heteroatoms. The quantitative estimate of drug-likeness (QED) is 0.790. The molecule has 1 atom stereocenters. The Morgan fingerprint density at radius 2 is 2.00 bits per heavy atom. The maximum absolute atomic E-state index is 12.8. The first-order valence-corrected chi connectivity index (χ1v) is 7.90. The fraction of sp³-hybridized carbons (Fsp3) is 0.471. The van der Waals surface area contributed by atoms with E-state index in [1.165, 1.54) is 16.4 Å². The highest BCUT2D eigenvalue weighted by molar-refractivity contribution is 5.78. The Morgan fingerprint density at radius 3 is 2.62 bits per heavy atom. The fourth-order valence-electron chi connectivity index (χ4n) is 3.23. The summed E-state index contributed by atoms with van der Waals surface area (Å²) in [7, 11) is 2.95. The van der Waals surface area contributed by atoms with Gasteiger partial charge in [-0.05, 0) is 37.5 Å². The van der Waals surface area contributed by atoms with Gasteiger partial charge < -0.3 is 9.47 Å². The molecule has 7 nitrogen and oxygen atoms in total. The Hall–Kier alpha value is -2.57. The molecule has 1 aliphatic rings. The van der Waals surface area contributed by atoms with Crippen molar-refractivity contribution in [3.63, 3.8) is 0 Å². The maximum Gasteiger partial charge on any atom is 0.347 e. The standard InChI is InChI=1S/C17H21N3O4/c1-17(15(21)24-3)10-4-5-14-18-19(16(22)20(14)17)11-12-6-8-13(23-2)9-7-12/h6-9H,4-5,10-11H2,1-3H3. The van der Waals surface area contributed by atoms with Gasteiger partial charge in [-0.15, -0.1) is 0 Å². The van der Waals surface area contributed by atoms with Gasteiger partial charge in [0.1, 0.15) is 17.1 Å². The molecule has 0 N–H and O–H groups in total. The van der Waals surface area contributed by atoms with E-state index < -0.39 is 11.5 Å². The zero-order valence-corrected chi connectivity index (χ0v) is 14.1. The molecule has 24 heavy (non-hydrogen) atoms. The van der Waals surface area contributed by atoms with Crippen LogP contribution in [0.3, 0.4) is 0 Å². The molecule has 0 radical (unpaired) electrons. The van der Waals surface area contributed by atoms with Crippen LogP contribution in [0.4, 0.5) is 0 Å². The smallest absolute Gasteiger partial charge is 0.347 e. The minimum Gasteiger partial charge on any atom is -0.497 e. The lowest BCUT2D eigenvalue weighted by molar-refractivity contribution is -0.151. The van der Waals surface area contributed by atoms with Crippen molar-refractivity contribution >= 4 is 5.97 Å².